The average molecular weight is 150 g/mol. The second-order valence-corrected chi connectivity index (χ2v) is 2.09. The fraction of sp³-hybridized carbons (Fsp3) is 0.286. The number of aryl methyl sites for hydroxylation is 1. The molecule has 0 bridgehead atoms. The van der Waals surface area contributed by atoms with Gasteiger partial charge in [-0.25, -0.2) is 9.98 Å². The zero-order valence-corrected chi connectivity index (χ0v) is 6.55. The molecule has 1 rings (SSSR count). The van der Waals surface area contributed by atoms with Gasteiger partial charge in [-0.1, -0.05) is 0 Å². The molecule has 4 nitrogen and oxygen atoms in total. The van der Waals surface area contributed by atoms with Gasteiger partial charge >= 0.3 is 0 Å². The van der Waals surface area contributed by atoms with Gasteiger partial charge in [0.1, 0.15) is 11.5 Å². The number of aromatic amines is 1. The molecule has 0 fully saturated rings. The van der Waals surface area contributed by atoms with Crippen LogP contribution in [0.1, 0.15) is 18.4 Å². The monoisotopic (exact) mass is 150 g/mol. The summed E-state index contributed by atoms with van der Waals surface area (Å²) in [5, 5.41) is 7.01. The summed E-state index contributed by atoms with van der Waals surface area (Å²) in [6.07, 6.45) is 2.87. The molecule has 0 atom stereocenters. The number of hydrogen-bond acceptors (Lipinski definition) is 3. The van der Waals surface area contributed by atoms with Crippen LogP contribution in [-0.4, -0.2) is 22.4 Å². The van der Waals surface area contributed by atoms with Gasteiger partial charge < -0.3 is 10.4 Å². The Morgan fingerprint density at radius 1 is 1.64 bits per heavy atom. The maximum absolute atomic E-state index is 7.01. The highest BCUT2D eigenvalue weighted by atomic mass is 15.0. The van der Waals surface area contributed by atoms with E-state index in [-0.39, 0.29) is 0 Å². The predicted octanol–water partition coefficient (Wildman–Crippen LogP) is 1.44. The normalized spacial score (nSPS) is 10.7. The van der Waals surface area contributed by atoms with E-state index in [0.29, 0.717) is 11.5 Å². The molecule has 11 heavy (non-hydrogen) atoms. The molecule has 2 N–H and O–H groups in total. The molecular formula is C7H10N4. The highest BCUT2D eigenvalue weighted by Crippen LogP contribution is 2.12. The Labute approximate surface area is 64.9 Å². The number of H-pyrrole nitrogens is 1. The van der Waals surface area contributed by atoms with Crippen LogP contribution in [0.2, 0.25) is 0 Å². The molecule has 1 aromatic heterocycles. The standard InChI is InChI=1S/C7H10N4/c1-3-9-7-6(4-8)10-5(2)11-7/h3-4,8H,1-2H3,(H,10,11)/b8-4?,9-3+. The highest BCUT2D eigenvalue weighted by molar-refractivity contribution is 5.81. The Balaban J connectivity index is 3.11. The summed E-state index contributed by atoms with van der Waals surface area (Å²) < 4.78 is 0. The van der Waals surface area contributed by atoms with Gasteiger partial charge in [-0.15, -0.1) is 0 Å². The molecule has 0 aliphatic heterocycles. The quantitative estimate of drug-likeness (QED) is 0.615. The van der Waals surface area contributed by atoms with Crippen LogP contribution in [-0.2, 0) is 0 Å². The summed E-state index contributed by atoms with van der Waals surface area (Å²) in [6.45, 7) is 3.65. The van der Waals surface area contributed by atoms with E-state index >= 15 is 0 Å². The van der Waals surface area contributed by atoms with Crippen molar-refractivity contribution >= 4 is 18.2 Å². The van der Waals surface area contributed by atoms with Crippen molar-refractivity contribution < 1.29 is 0 Å². The summed E-state index contributed by atoms with van der Waals surface area (Å²) in [4.78, 5) is 11.0. The number of nitrogens with zero attached hydrogens (tertiary/aromatic N) is 2. The predicted molar refractivity (Wildman–Crippen MR) is 45.0 cm³/mol. The molecule has 0 unspecified atom stereocenters. The van der Waals surface area contributed by atoms with Crippen LogP contribution in [0.4, 0.5) is 5.82 Å². The number of nitrogens with one attached hydrogen (secondary N) is 2. The molecule has 1 aromatic rings. The van der Waals surface area contributed by atoms with E-state index in [0.717, 1.165) is 5.82 Å². The third-order valence-electron chi connectivity index (χ3n) is 1.23. The van der Waals surface area contributed by atoms with Crippen LogP contribution in [0.15, 0.2) is 4.99 Å². The minimum Gasteiger partial charge on any atom is -0.340 e. The van der Waals surface area contributed by atoms with E-state index in [1.165, 1.54) is 6.21 Å². The largest absolute Gasteiger partial charge is 0.340 e. The van der Waals surface area contributed by atoms with Crippen molar-refractivity contribution in [3.8, 4) is 0 Å². The number of aliphatic imine (C=N–C) groups is 1. The highest BCUT2D eigenvalue weighted by Gasteiger charge is 2.01. The molecule has 1 heterocycles. The first kappa shape index (κ1) is 7.65. The van der Waals surface area contributed by atoms with Crippen LogP contribution >= 0.6 is 0 Å². The van der Waals surface area contributed by atoms with Crippen molar-refractivity contribution in [1.82, 2.24) is 9.97 Å². The van der Waals surface area contributed by atoms with Crippen LogP contribution in [0, 0.1) is 12.3 Å². The van der Waals surface area contributed by atoms with Gasteiger partial charge in [0.2, 0.25) is 0 Å². The first-order valence-electron chi connectivity index (χ1n) is 3.33. The molecule has 0 amide bonds. The molecule has 0 aromatic carbocycles. The van der Waals surface area contributed by atoms with E-state index in [2.05, 4.69) is 15.0 Å². The second kappa shape index (κ2) is 3.09. The first-order valence-corrected chi connectivity index (χ1v) is 3.33. The fourth-order valence-electron chi connectivity index (χ4n) is 0.819. The van der Waals surface area contributed by atoms with Crippen LogP contribution in [0.5, 0.6) is 0 Å². The van der Waals surface area contributed by atoms with Crippen molar-refractivity contribution in [2.75, 3.05) is 0 Å². The lowest BCUT2D eigenvalue weighted by Gasteiger charge is -1.84. The smallest absolute Gasteiger partial charge is 0.178 e. The van der Waals surface area contributed by atoms with Crippen molar-refractivity contribution in [2.45, 2.75) is 13.8 Å². The molecule has 0 radical (unpaired) electrons. The van der Waals surface area contributed by atoms with Crippen LogP contribution in [0.3, 0.4) is 0 Å². The van der Waals surface area contributed by atoms with E-state index in [9.17, 15) is 0 Å². The summed E-state index contributed by atoms with van der Waals surface area (Å²) in [5.41, 5.74) is 0.653. The van der Waals surface area contributed by atoms with Crippen molar-refractivity contribution in [1.29, 1.82) is 5.41 Å². The minimum absolute atomic E-state index is 0.583. The Morgan fingerprint density at radius 2 is 2.36 bits per heavy atom. The molecular weight excluding hydrogens is 140 g/mol. The topological polar surface area (TPSA) is 64.9 Å². The van der Waals surface area contributed by atoms with Gasteiger partial charge in [0.05, 0.1) is 0 Å². The van der Waals surface area contributed by atoms with Gasteiger partial charge in [-0.05, 0) is 13.8 Å². The van der Waals surface area contributed by atoms with Crippen LogP contribution in [0.25, 0.3) is 0 Å². The average Bonchev–Trinajstić information content (AvgIpc) is 2.32. The molecule has 0 saturated carbocycles. The van der Waals surface area contributed by atoms with Gasteiger partial charge in [0.25, 0.3) is 0 Å². The molecule has 4 heteroatoms. The van der Waals surface area contributed by atoms with Gasteiger partial charge in [0.15, 0.2) is 5.82 Å². The Kier molecular flexibility index (Phi) is 2.15. The third kappa shape index (κ3) is 1.52. The minimum atomic E-state index is 0.583. The second-order valence-electron chi connectivity index (χ2n) is 2.09. The van der Waals surface area contributed by atoms with Crippen molar-refractivity contribution in [2.24, 2.45) is 4.99 Å². The van der Waals surface area contributed by atoms with E-state index in [4.69, 9.17) is 5.41 Å². The molecule has 0 aliphatic rings. The zero-order valence-electron chi connectivity index (χ0n) is 6.55. The van der Waals surface area contributed by atoms with Gasteiger partial charge in [-0.2, -0.15) is 0 Å². The van der Waals surface area contributed by atoms with Crippen LogP contribution < -0.4 is 0 Å². The van der Waals surface area contributed by atoms with E-state index < -0.39 is 0 Å². The zero-order chi connectivity index (χ0) is 8.27. The first-order chi connectivity index (χ1) is 5.27. The van der Waals surface area contributed by atoms with Gasteiger partial charge in [0, 0.05) is 12.4 Å². The molecule has 0 aliphatic carbocycles. The Bertz CT molecular complexity index is 285. The maximum atomic E-state index is 7.01. The number of imidazole rings is 1. The number of hydrogen-bond donors (Lipinski definition) is 2. The fourth-order valence-corrected chi connectivity index (χ4v) is 0.819. The molecule has 58 valence electrons. The van der Waals surface area contributed by atoms with E-state index in [1.807, 2.05) is 13.8 Å². The number of aromatic nitrogens is 2. The Hall–Kier alpha value is -1.45. The lowest BCUT2D eigenvalue weighted by molar-refractivity contribution is 1.14. The van der Waals surface area contributed by atoms with E-state index in [1.54, 1.807) is 6.21 Å². The summed E-state index contributed by atoms with van der Waals surface area (Å²) in [5.74, 6) is 1.36. The van der Waals surface area contributed by atoms with Gasteiger partial charge in [-0.3, -0.25) is 0 Å². The summed E-state index contributed by atoms with van der Waals surface area (Å²) in [6, 6.07) is 0. The summed E-state index contributed by atoms with van der Waals surface area (Å²) in [7, 11) is 0. The number of rotatable bonds is 2. The molecule has 0 saturated heterocycles. The summed E-state index contributed by atoms with van der Waals surface area (Å²) >= 11 is 0. The lowest BCUT2D eigenvalue weighted by Crippen LogP contribution is -1.78. The van der Waals surface area contributed by atoms with Crippen molar-refractivity contribution in [3.63, 3.8) is 0 Å². The Morgan fingerprint density at radius 3 is 2.91 bits per heavy atom. The third-order valence-corrected chi connectivity index (χ3v) is 1.23. The maximum Gasteiger partial charge on any atom is 0.178 e. The SMILES string of the molecule is C/C=N/c1nc(C)[nH]c1C=N. The van der Waals surface area contributed by atoms with Crippen molar-refractivity contribution in [3.05, 3.63) is 11.5 Å². The lowest BCUT2D eigenvalue weighted by atomic mass is 10.5. The molecule has 0 spiro atoms.